The summed E-state index contributed by atoms with van der Waals surface area (Å²) in [6.07, 6.45) is 0. The predicted molar refractivity (Wildman–Crippen MR) is 36.6 cm³/mol. The molecule has 0 unspecified atom stereocenters. The lowest BCUT2D eigenvalue weighted by molar-refractivity contribution is 1.54. The van der Waals surface area contributed by atoms with Gasteiger partial charge in [-0.3, -0.25) is 0 Å². The van der Waals surface area contributed by atoms with Gasteiger partial charge in [0.15, 0.2) is 0 Å². The molecule has 3 heteroatoms. The molecule has 0 atom stereocenters. The van der Waals surface area contributed by atoms with Crippen molar-refractivity contribution in [1.29, 1.82) is 0 Å². The van der Waals surface area contributed by atoms with Crippen molar-refractivity contribution in [1.82, 2.24) is 0 Å². The minimum absolute atomic E-state index is 0.512. The first-order valence-electron chi connectivity index (χ1n) is 1.59. The Morgan fingerprint density at radius 2 is 2.50 bits per heavy atom. The van der Waals surface area contributed by atoms with Crippen LogP contribution in [0.2, 0.25) is 0 Å². The fourth-order valence-corrected chi connectivity index (χ4v) is 1.02. The summed E-state index contributed by atoms with van der Waals surface area (Å²) in [5, 5.41) is 0. The van der Waals surface area contributed by atoms with Crippen LogP contribution in [0.4, 0.5) is 0 Å². The van der Waals surface area contributed by atoms with E-state index < -0.39 is 0 Å². The lowest BCUT2D eigenvalue weighted by atomic mass is 11.0. The first kappa shape index (κ1) is 6.73. The van der Waals surface area contributed by atoms with Gasteiger partial charge >= 0.3 is 0 Å². The monoisotopic (exact) mass is 140 g/mol. The van der Waals surface area contributed by atoms with Crippen molar-refractivity contribution >= 4 is 39.2 Å². The van der Waals surface area contributed by atoms with E-state index in [9.17, 15) is 0 Å². The van der Waals surface area contributed by atoms with Crippen LogP contribution in [-0.2, 0) is 0 Å². The van der Waals surface area contributed by atoms with E-state index in [0.717, 1.165) is 5.75 Å². The average molecular weight is 141 g/mol. The van der Waals surface area contributed by atoms with Crippen molar-refractivity contribution < 1.29 is 0 Å². The molecule has 0 aromatic heterocycles. The van der Waals surface area contributed by atoms with E-state index in [0.29, 0.717) is 3.66 Å². The Morgan fingerprint density at radius 1 is 2.00 bits per heavy atom. The summed E-state index contributed by atoms with van der Waals surface area (Å²) in [4.78, 5) is 0. The summed E-state index contributed by atoms with van der Waals surface area (Å²) in [6, 6.07) is 0. The van der Waals surface area contributed by atoms with Crippen molar-refractivity contribution in [2.75, 3.05) is 5.75 Å². The maximum Gasteiger partial charge on any atom is 0.137 e. The van der Waals surface area contributed by atoms with Gasteiger partial charge in [-0.1, -0.05) is 30.7 Å². The zero-order chi connectivity index (χ0) is 4.99. The highest BCUT2D eigenvalue weighted by atomic mass is 35.5. The number of thioether (sulfide) groups is 1. The topological polar surface area (TPSA) is 0 Å². The highest BCUT2D eigenvalue weighted by molar-refractivity contribution is 8.26. The number of thiocarbonyl (C=S) groups is 1. The Kier molecular flexibility index (Phi) is 4.38. The Morgan fingerprint density at radius 3 is 2.50 bits per heavy atom. The van der Waals surface area contributed by atoms with E-state index in [1.165, 1.54) is 11.8 Å². The molecule has 0 aliphatic heterocycles. The van der Waals surface area contributed by atoms with Gasteiger partial charge in [-0.25, -0.2) is 0 Å². The van der Waals surface area contributed by atoms with Gasteiger partial charge in [-0.2, -0.15) is 0 Å². The summed E-state index contributed by atoms with van der Waals surface area (Å²) < 4.78 is 0.512. The maximum atomic E-state index is 5.27. The van der Waals surface area contributed by atoms with Gasteiger partial charge in [0.2, 0.25) is 0 Å². The van der Waals surface area contributed by atoms with Crippen LogP contribution in [-0.4, -0.2) is 9.41 Å². The van der Waals surface area contributed by atoms with Crippen LogP contribution in [0.5, 0.6) is 0 Å². The van der Waals surface area contributed by atoms with E-state index in [4.69, 9.17) is 11.6 Å². The quantitative estimate of drug-likeness (QED) is 0.405. The molecular formula is C3H5ClS2. The van der Waals surface area contributed by atoms with E-state index in [-0.39, 0.29) is 0 Å². The van der Waals surface area contributed by atoms with E-state index >= 15 is 0 Å². The first-order chi connectivity index (χ1) is 2.77. The molecule has 0 saturated heterocycles. The highest BCUT2D eigenvalue weighted by Gasteiger charge is 1.82. The van der Waals surface area contributed by atoms with Gasteiger partial charge in [0.1, 0.15) is 3.66 Å². The molecule has 0 saturated carbocycles. The molecule has 6 heavy (non-hydrogen) atoms. The molecule has 0 fully saturated rings. The summed E-state index contributed by atoms with van der Waals surface area (Å²) in [7, 11) is 0. The van der Waals surface area contributed by atoms with Crippen molar-refractivity contribution in [2.45, 2.75) is 6.92 Å². The second kappa shape index (κ2) is 3.90. The van der Waals surface area contributed by atoms with E-state index in [1.54, 1.807) is 0 Å². The number of hydrogen-bond donors (Lipinski definition) is 0. The van der Waals surface area contributed by atoms with Crippen LogP contribution in [0.25, 0.3) is 0 Å². The SMILES string of the molecule is CCSC(=S)Cl. The third-order valence-electron chi connectivity index (χ3n) is 0.258. The summed E-state index contributed by atoms with van der Waals surface area (Å²) in [5.41, 5.74) is 0. The molecule has 0 spiro atoms. The zero-order valence-electron chi connectivity index (χ0n) is 3.40. The van der Waals surface area contributed by atoms with E-state index in [1.807, 2.05) is 6.92 Å². The standard InChI is InChI=1S/C3H5ClS2/c1-2-6-3(4)5/h2H2,1H3. The average Bonchev–Trinajstić information content (AvgIpc) is 1.35. The maximum absolute atomic E-state index is 5.27. The molecule has 0 bridgehead atoms. The van der Waals surface area contributed by atoms with Crippen LogP contribution >= 0.6 is 35.6 Å². The Labute approximate surface area is 52.3 Å². The van der Waals surface area contributed by atoms with Gasteiger partial charge < -0.3 is 0 Å². The van der Waals surface area contributed by atoms with Crippen LogP contribution < -0.4 is 0 Å². The lowest BCUT2D eigenvalue weighted by Gasteiger charge is -1.82. The Hall–Kier alpha value is 0.730. The summed E-state index contributed by atoms with van der Waals surface area (Å²) >= 11 is 11.3. The predicted octanol–water partition coefficient (Wildman–Crippen LogP) is 2.26. The summed E-state index contributed by atoms with van der Waals surface area (Å²) in [6.45, 7) is 2.01. The molecule has 0 aromatic rings. The highest BCUT2D eigenvalue weighted by Crippen LogP contribution is 2.05. The second-order valence-electron chi connectivity index (χ2n) is 0.671. The van der Waals surface area contributed by atoms with Crippen LogP contribution in [0.3, 0.4) is 0 Å². The Bertz CT molecular complexity index is 52.8. The van der Waals surface area contributed by atoms with Crippen LogP contribution in [0.15, 0.2) is 0 Å². The molecule has 36 valence electrons. The number of rotatable bonds is 1. The third-order valence-corrected chi connectivity index (χ3v) is 1.45. The molecule has 0 aromatic carbocycles. The van der Waals surface area contributed by atoms with Crippen molar-refractivity contribution in [2.24, 2.45) is 0 Å². The van der Waals surface area contributed by atoms with Crippen molar-refractivity contribution in [3.63, 3.8) is 0 Å². The number of hydrogen-bond acceptors (Lipinski definition) is 2. The normalized spacial score (nSPS) is 8.33. The van der Waals surface area contributed by atoms with Crippen LogP contribution in [0, 0.1) is 0 Å². The minimum atomic E-state index is 0.512. The van der Waals surface area contributed by atoms with Crippen LogP contribution in [0.1, 0.15) is 6.92 Å². The zero-order valence-corrected chi connectivity index (χ0v) is 5.79. The minimum Gasteiger partial charge on any atom is -0.103 e. The first-order valence-corrected chi connectivity index (χ1v) is 3.36. The van der Waals surface area contributed by atoms with Gasteiger partial charge in [-0.05, 0) is 5.75 Å². The second-order valence-corrected chi connectivity index (χ2v) is 3.44. The smallest absolute Gasteiger partial charge is 0.103 e. The van der Waals surface area contributed by atoms with Gasteiger partial charge in [0.25, 0.3) is 0 Å². The third kappa shape index (κ3) is 4.73. The van der Waals surface area contributed by atoms with Gasteiger partial charge in [0.05, 0.1) is 0 Å². The molecular weight excluding hydrogens is 136 g/mol. The summed E-state index contributed by atoms with van der Waals surface area (Å²) in [5.74, 6) is 0.975. The molecule has 0 rings (SSSR count). The fourth-order valence-electron chi connectivity index (χ4n) is 0.113. The molecule has 0 nitrogen and oxygen atoms in total. The van der Waals surface area contributed by atoms with Gasteiger partial charge in [-0.15, -0.1) is 11.8 Å². The van der Waals surface area contributed by atoms with E-state index in [2.05, 4.69) is 12.2 Å². The molecule has 0 aliphatic rings. The molecule has 0 radical (unpaired) electrons. The number of halogens is 1. The fraction of sp³-hybridized carbons (Fsp3) is 0.667. The lowest BCUT2D eigenvalue weighted by Crippen LogP contribution is -1.69. The molecule has 0 N–H and O–H groups in total. The largest absolute Gasteiger partial charge is 0.137 e. The molecule has 0 amide bonds. The molecule has 0 heterocycles. The van der Waals surface area contributed by atoms with Crippen molar-refractivity contribution in [3.8, 4) is 0 Å². The van der Waals surface area contributed by atoms with Crippen molar-refractivity contribution in [3.05, 3.63) is 0 Å². The van der Waals surface area contributed by atoms with Gasteiger partial charge in [0, 0.05) is 0 Å². The Balaban J connectivity index is 2.83. The molecule has 0 aliphatic carbocycles.